The van der Waals surface area contributed by atoms with Crippen LogP contribution in [0.5, 0.6) is 0 Å². The molecule has 0 bridgehead atoms. The summed E-state index contributed by atoms with van der Waals surface area (Å²) in [4.78, 5) is 33.7. The fourth-order valence-electron chi connectivity index (χ4n) is 1.89. The largest absolute Gasteiger partial charge is 0.452 e. The van der Waals surface area contributed by atoms with Gasteiger partial charge >= 0.3 is 5.97 Å². The molecule has 24 heavy (non-hydrogen) atoms. The van der Waals surface area contributed by atoms with E-state index in [9.17, 15) is 19.7 Å². The predicted octanol–water partition coefficient (Wildman–Crippen LogP) is 3.35. The smallest absolute Gasteiger partial charge is 0.338 e. The summed E-state index contributed by atoms with van der Waals surface area (Å²) in [5.41, 5.74) is 1.24. The molecule has 0 saturated carbocycles. The van der Waals surface area contributed by atoms with Crippen molar-refractivity contribution >= 4 is 34.9 Å². The molecule has 0 atom stereocenters. The number of halogens is 1. The molecule has 0 heterocycles. The van der Waals surface area contributed by atoms with Gasteiger partial charge in [0.25, 0.3) is 11.6 Å². The van der Waals surface area contributed by atoms with E-state index in [4.69, 9.17) is 16.3 Å². The van der Waals surface area contributed by atoms with E-state index in [0.717, 1.165) is 11.6 Å². The number of carbonyl (C=O) groups excluding carboxylic acids is 2. The summed E-state index contributed by atoms with van der Waals surface area (Å²) in [7, 11) is 0. The van der Waals surface area contributed by atoms with Gasteiger partial charge in [-0.1, -0.05) is 29.3 Å². The molecule has 0 aliphatic rings. The molecule has 0 aromatic heterocycles. The second-order valence-corrected chi connectivity index (χ2v) is 5.32. The zero-order valence-electron chi connectivity index (χ0n) is 12.6. The van der Waals surface area contributed by atoms with Crippen LogP contribution in [0.4, 0.5) is 11.4 Å². The lowest BCUT2D eigenvalue weighted by molar-refractivity contribution is -0.384. The van der Waals surface area contributed by atoms with E-state index < -0.39 is 23.4 Å². The number of nitro groups is 1. The van der Waals surface area contributed by atoms with Crippen LogP contribution in [0.2, 0.25) is 5.02 Å². The highest BCUT2D eigenvalue weighted by Crippen LogP contribution is 2.26. The number of hydrogen-bond donors (Lipinski definition) is 1. The molecule has 7 nitrogen and oxygen atoms in total. The first-order chi connectivity index (χ1) is 11.4. The third-order valence-electron chi connectivity index (χ3n) is 3.03. The van der Waals surface area contributed by atoms with Gasteiger partial charge in [-0.25, -0.2) is 4.79 Å². The Morgan fingerprint density at radius 2 is 2.00 bits per heavy atom. The monoisotopic (exact) mass is 348 g/mol. The number of non-ortho nitro benzene ring substituents is 1. The van der Waals surface area contributed by atoms with Gasteiger partial charge in [-0.05, 0) is 25.1 Å². The van der Waals surface area contributed by atoms with Gasteiger partial charge in [0, 0.05) is 12.1 Å². The molecule has 0 unspecified atom stereocenters. The molecule has 0 saturated heterocycles. The highest BCUT2D eigenvalue weighted by molar-refractivity contribution is 6.34. The molecule has 0 aliphatic carbocycles. The molecule has 1 N–H and O–H groups in total. The van der Waals surface area contributed by atoms with E-state index in [1.165, 1.54) is 12.1 Å². The summed E-state index contributed by atoms with van der Waals surface area (Å²) >= 11 is 5.87. The van der Waals surface area contributed by atoms with Gasteiger partial charge in [-0.15, -0.1) is 0 Å². The lowest BCUT2D eigenvalue weighted by Gasteiger charge is -2.08. The Morgan fingerprint density at radius 1 is 1.25 bits per heavy atom. The maximum atomic E-state index is 11.8. The van der Waals surface area contributed by atoms with Crippen LogP contribution in [-0.4, -0.2) is 23.4 Å². The van der Waals surface area contributed by atoms with E-state index in [1.807, 2.05) is 13.0 Å². The number of ether oxygens (including phenoxy) is 1. The highest BCUT2D eigenvalue weighted by atomic mass is 35.5. The van der Waals surface area contributed by atoms with Crippen molar-refractivity contribution in [2.75, 3.05) is 11.9 Å². The van der Waals surface area contributed by atoms with Crippen molar-refractivity contribution in [3.8, 4) is 0 Å². The number of carbonyl (C=O) groups is 2. The Morgan fingerprint density at radius 3 is 2.62 bits per heavy atom. The number of aryl methyl sites for hydroxylation is 1. The molecule has 2 aromatic rings. The lowest BCUT2D eigenvalue weighted by atomic mass is 10.1. The summed E-state index contributed by atoms with van der Waals surface area (Å²) in [5.74, 6) is -1.23. The maximum Gasteiger partial charge on any atom is 0.338 e. The fourth-order valence-corrected chi connectivity index (χ4v) is 2.11. The maximum absolute atomic E-state index is 11.8. The zero-order chi connectivity index (χ0) is 17.7. The summed E-state index contributed by atoms with van der Waals surface area (Å²) in [6, 6.07) is 10.4. The van der Waals surface area contributed by atoms with Crippen LogP contribution < -0.4 is 5.32 Å². The number of nitrogens with one attached hydrogen (secondary N) is 1. The molecule has 8 heteroatoms. The lowest BCUT2D eigenvalue weighted by Crippen LogP contribution is -2.21. The second-order valence-electron chi connectivity index (χ2n) is 4.92. The van der Waals surface area contributed by atoms with Crippen LogP contribution in [0.25, 0.3) is 0 Å². The summed E-state index contributed by atoms with van der Waals surface area (Å²) < 4.78 is 4.92. The van der Waals surface area contributed by atoms with Gasteiger partial charge in [0.15, 0.2) is 6.61 Å². The van der Waals surface area contributed by atoms with Crippen molar-refractivity contribution < 1.29 is 19.2 Å². The van der Waals surface area contributed by atoms with Crippen LogP contribution in [0.3, 0.4) is 0 Å². The number of amides is 1. The van der Waals surface area contributed by atoms with E-state index in [2.05, 4.69) is 5.32 Å². The minimum absolute atomic E-state index is 0.0163. The number of hydrogen-bond acceptors (Lipinski definition) is 5. The fraction of sp³-hybridized carbons (Fsp3) is 0.125. The van der Waals surface area contributed by atoms with Crippen molar-refractivity contribution in [1.29, 1.82) is 0 Å². The number of esters is 1. The van der Waals surface area contributed by atoms with E-state index in [-0.39, 0.29) is 16.4 Å². The third kappa shape index (κ3) is 4.53. The van der Waals surface area contributed by atoms with E-state index in [0.29, 0.717) is 5.56 Å². The Kier molecular flexibility index (Phi) is 5.49. The Bertz CT molecular complexity index is 807. The standard InChI is InChI=1S/C16H13ClN2O5/c1-10-3-2-4-11(7-10)16(21)24-9-15(20)18-14-6-5-12(19(22)23)8-13(14)17/h2-8H,9H2,1H3,(H,18,20). The highest BCUT2D eigenvalue weighted by Gasteiger charge is 2.13. The third-order valence-corrected chi connectivity index (χ3v) is 3.34. The average molecular weight is 349 g/mol. The minimum atomic E-state index is -0.622. The van der Waals surface area contributed by atoms with Gasteiger partial charge in [0.2, 0.25) is 0 Å². The summed E-state index contributed by atoms with van der Waals surface area (Å²) in [6.07, 6.45) is 0. The molecular formula is C16H13ClN2O5. The molecule has 2 aromatic carbocycles. The molecule has 2 rings (SSSR count). The van der Waals surface area contributed by atoms with Crippen LogP contribution in [-0.2, 0) is 9.53 Å². The van der Waals surface area contributed by atoms with Gasteiger partial charge in [-0.2, -0.15) is 0 Å². The molecule has 0 radical (unpaired) electrons. The van der Waals surface area contributed by atoms with Crippen molar-refractivity contribution in [3.63, 3.8) is 0 Å². The van der Waals surface area contributed by atoms with Crippen molar-refractivity contribution in [2.45, 2.75) is 6.92 Å². The molecule has 0 aliphatic heterocycles. The number of nitro benzene ring substituents is 1. The van der Waals surface area contributed by atoms with Gasteiger partial charge in [-0.3, -0.25) is 14.9 Å². The number of rotatable bonds is 5. The van der Waals surface area contributed by atoms with Crippen molar-refractivity contribution in [2.24, 2.45) is 0 Å². The minimum Gasteiger partial charge on any atom is -0.452 e. The predicted molar refractivity (Wildman–Crippen MR) is 88.2 cm³/mol. The van der Waals surface area contributed by atoms with Crippen LogP contribution >= 0.6 is 11.6 Å². The van der Waals surface area contributed by atoms with Crippen molar-refractivity contribution in [1.82, 2.24) is 0 Å². The number of nitrogens with zero attached hydrogens (tertiary/aromatic N) is 1. The molecular weight excluding hydrogens is 336 g/mol. The first-order valence-corrected chi connectivity index (χ1v) is 7.22. The normalized spacial score (nSPS) is 10.1. The first-order valence-electron chi connectivity index (χ1n) is 6.84. The summed E-state index contributed by atoms with van der Waals surface area (Å²) in [5, 5.41) is 13.1. The molecule has 1 amide bonds. The number of benzene rings is 2. The van der Waals surface area contributed by atoms with Gasteiger partial charge in [0.05, 0.1) is 21.2 Å². The van der Waals surface area contributed by atoms with Gasteiger partial charge in [0.1, 0.15) is 0 Å². The molecule has 0 spiro atoms. The quantitative estimate of drug-likeness (QED) is 0.507. The number of anilines is 1. The topological polar surface area (TPSA) is 98.5 Å². The second kappa shape index (κ2) is 7.56. The van der Waals surface area contributed by atoms with Crippen LogP contribution in [0, 0.1) is 17.0 Å². The van der Waals surface area contributed by atoms with Crippen LogP contribution in [0.1, 0.15) is 15.9 Å². The molecule has 0 fully saturated rings. The SMILES string of the molecule is Cc1cccc(C(=O)OCC(=O)Nc2ccc([N+](=O)[O-])cc2Cl)c1. The first kappa shape index (κ1) is 17.4. The van der Waals surface area contributed by atoms with Crippen molar-refractivity contribution in [3.05, 3.63) is 68.7 Å². The van der Waals surface area contributed by atoms with E-state index >= 15 is 0 Å². The van der Waals surface area contributed by atoms with Crippen LogP contribution in [0.15, 0.2) is 42.5 Å². The Balaban J connectivity index is 1.94. The average Bonchev–Trinajstić information content (AvgIpc) is 2.54. The molecule has 124 valence electrons. The Labute approximate surface area is 142 Å². The summed E-state index contributed by atoms with van der Waals surface area (Å²) in [6.45, 7) is 1.33. The van der Waals surface area contributed by atoms with E-state index in [1.54, 1.807) is 18.2 Å². The zero-order valence-corrected chi connectivity index (χ0v) is 13.4. The van der Waals surface area contributed by atoms with Gasteiger partial charge < -0.3 is 10.1 Å². The Hall–Kier alpha value is -2.93.